The van der Waals surface area contributed by atoms with Gasteiger partial charge in [0.15, 0.2) is 0 Å². The third-order valence-corrected chi connectivity index (χ3v) is 4.86. The lowest BCUT2D eigenvalue weighted by atomic mass is 9.95. The van der Waals surface area contributed by atoms with Crippen molar-refractivity contribution in [3.05, 3.63) is 32.6 Å². The molecule has 0 aromatic carbocycles. The molecule has 23 heavy (non-hydrogen) atoms. The lowest BCUT2D eigenvalue weighted by molar-refractivity contribution is -0.750. The van der Waals surface area contributed by atoms with Gasteiger partial charge in [-0.05, 0) is 36.5 Å². The molecule has 2 aromatic heterocycles. The first-order valence-electron chi connectivity index (χ1n) is 7.19. The third kappa shape index (κ3) is 3.19. The second kappa shape index (κ2) is 6.37. The first-order valence-corrected chi connectivity index (χ1v) is 8.01. The number of aryl methyl sites for hydroxylation is 1. The minimum Gasteiger partial charge on any atom is -0.465 e. The zero-order valence-corrected chi connectivity index (χ0v) is 13.3. The van der Waals surface area contributed by atoms with Crippen LogP contribution in [0.1, 0.15) is 33.6 Å². The second-order valence-corrected chi connectivity index (χ2v) is 6.33. The molecule has 3 rings (SSSR count). The van der Waals surface area contributed by atoms with Crippen molar-refractivity contribution >= 4 is 28.2 Å². The van der Waals surface area contributed by atoms with Gasteiger partial charge in [-0.15, -0.1) is 11.3 Å². The number of hydrogen-bond acceptors (Lipinski definition) is 6. The highest BCUT2D eigenvalue weighted by Gasteiger charge is 2.27. The summed E-state index contributed by atoms with van der Waals surface area (Å²) < 4.78 is 10.6. The van der Waals surface area contributed by atoms with Gasteiger partial charge in [0.2, 0.25) is 0 Å². The minimum absolute atomic E-state index is 0.116. The quantitative estimate of drug-likeness (QED) is 0.628. The number of hydrogen-bond donors (Lipinski definition) is 2. The highest BCUT2D eigenvalue weighted by atomic mass is 32.1. The smallest absolute Gasteiger partial charge is 0.426 e. The maximum Gasteiger partial charge on any atom is 0.426 e. The molecule has 1 aliphatic carbocycles. The molecule has 0 unspecified atom stereocenters. The van der Waals surface area contributed by atoms with Gasteiger partial charge in [0.05, 0.1) is 12.7 Å². The van der Waals surface area contributed by atoms with Gasteiger partial charge in [0.1, 0.15) is 5.00 Å². The molecular formula is C14H16N3O5S+. The summed E-state index contributed by atoms with van der Waals surface area (Å²) in [6, 6.07) is 0. The molecule has 0 saturated carbocycles. The van der Waals surface area contributed by atoms with E-state index in [0.717, 1.165) is 42.3 Å². The number of fused-ring (bicyclic) bond motifs is 1. The van der Waals surface area contributed by atoms with E-state index >= 15 is 0 Å². The maximum absolute atomic E-state index is 12.1. The van der Waals surface area contributed by atoms with E-state index in [1.807, 2.05) is 0 Å². The van der Waals surface area contributed by atoms with E-state index in [1.165, 1.54) is 23.1 Å². The molecular weight excluding hydrogens is 322 g/mol. The topological polar surface area (TPSA) is 105 Å². The van der Waals surface area contributed by atoms with Crippen LogP contribution in [0, 0.1) is 0 Å². The Balaban J connectivity index is 1.84. The van der Waals surface area contributed by atoms with Gasteiger partial charge in [0, 0.05) is 4.88 Å². The summed E-state index contributed by atoms with van der Waals surface area (Å²) in [7, 11) is 1.33. The number of nitrogens with zero attached hydrogens (tertiary/aromatic N) is 1. The Hall–Kier alpha value is -2.42. The fourth-order valence-corrected chi connectivity index (χ4v) is 3.95. The molecule has 1 aliphatic rings. The van der Waals surface area contributed by atoms with Gasteiger partial charge in [-0.2, -0.15) is 0 Å². The molecule has 0 fully saturated rings. The second-order valence-electron chi connectivity index (χ2n) is 5.22. The van der Waals surface area contributed by atoms with Crippen LogP contribution in [0.2, 0.25) is 0 Å². The predicted molar refractivity (Wildman–Crippen MR) is 80.5 cm³/mol. The standard InChI is InChI=1S/C14H15N3O5S/c1-21-14(20)12-8-4-2-3-5-9(8)23-13(12)15-10(18)6-17-7-11(19)22-16-17/h7H,2-6H2,1H3,(H-,15,16,18,19,20)/p+1. The molecule has 0 radical (unpaired) electrons. The molecule has 2 heterocycles. The number of aromatic nitrogens is 2. The maximum atomic E-state index is 12.1. The van der Waals surface area contributed by atoms with Crippen molar-refractivity contribution < 1.29 is 23.5 Å². The lowest BCUT2D eigenvalue weighted by Gasteiger charge is -2.11. The van der Waals surface area contributed by atoms with Crippen LogP contribution in [0.15, 0.2) is 15.5 Å². The highest BCUT2D eigenvalue weighted by Crippen LogP contribution is 2.38. The van der Waals surface area contributed by atoms with E-state index in [-0.39, 0.29) is 12.5 Å². The number of H-pyrrole nitrogens is 1. The van der Waals surface area contributed by atoms with E-state index in [1.54, 1.807) is 0 Å². The molecule has 0 aliphatic heterocycles. The van der Waals surface area contributed by atoms with Crippen LogP contribution >= 0.6 is 11.3 Å². The van der Waals surface area contributed by atoms with Crippen molar-refractivity contribution in [3.63, 3.8) is 0 Å². The Kier molecular flexibility index (Phi) is 4.28. The fourth-order valence-electron chi connectivity index (χ4n) is 2.65. The molecule has 2 N–H and O–H groups in total. The van der Waals surface area contributed by atoms with Gasteiger partial charge in [-0.3, -0.25) is 9.32 Å². The van der Waals surface area contributed by atoms with Crippen LogP contribution in [0.5, 0.6) is 0 Å². The van der Waals surface area contributed by atoms with Gasteiger partial charge >= 0.3 is 11.6 Å². The molecule has 1 amide bonds. The van der Waals surface area contributed by atoms with E-state index in [9.17, 15) is 14.4 Å². The van der Waals surface area contributed by atoms with Gasteiger partial charge < -0.3 is 10.1 Å². The summed E-state index contributed by atoms with van der Waals surface area (Å²) in [5.41, 5.74) is 0.860. The number of carbonyl (C=O) groups is 2. The van der Waals surface area contributed by atoms with Crippen molar-refractivity contribution in [3.8, 4) is 0 Å². The molecule has 0 bridgehead atoms. The Morgan fingerprint density at radius 3 is 2.91 bits per heavy atom. The highest BCUT2D eigenvalue weighted by molar-refractivity contribution is 7.17. The SMILES string of the molecule is COC(=O)c1c(NC(=O)C[n+]2cc(=O)o[nH]2)sc2c1CCCC2. The number of esters is 1. The zero-order valence-electron chi connectivity index (χ0n) is 12.5. The molecule has 9 heteroatoms. The number of aromatic amines is 1. The Morgan fingerprint density at radius 2 is 2.22 bits per heavy atom. The predicted octanol–water partition coefficient (Wildman–Crippen LogP) is 0.621. The van der Waals surface area contributed by atoms with Crippen LogP contribution in [0.25, 0.3) is 0 Å². The molecule has 0 spiro atoms. The van der Waals surface area contributed by atoms with E-state index in [0.29, 0.717) is 10.6 Å². The van der Waals surface area contributed by atoms with Gasteiger partial charge in [-0.25, -0.2) is 9.59 Å². The summed E-state index contributed by atoms with van der Waals surface area (Å²) in [4.78, 5) is 36.3. The van der Waals surface area contributed by atoms with Crippen LogP contribution in [0.4, 0.5) is 5.00 Å². The summed E-state index contributed by atoms with van der Waals surface area (Å²) >= 11 is 1.41. The van der Waals surface area contributed by atoms with Crippen molar-refractivity contribution in [2.45, 2.75) is 32.2 Å². The average molecular weight is 338 g/mol. The van der Waals surface area contributed by atoms with Crippen LogP contribution < -0.4 is 15.6 Å². The molecule has 122 valence electrons. The van der Waals surface area contributed by atoms with E-state index in [2.05, 4.69) is 15.1 Å². The van der Waals surface area contributed by atoms with E-state index < -0.39 is 11.6 Å². The number of nitrogens with one attached hydrogen (secondary N) is 2. The van der Waals surface area contributed by atoms with Crippen molar-refractivity contribution in [1.82, 2.24) is 5.27 Å². The largest absolute Gasteiger partial charge is 0.465 e. The fraction of sp³-hybridized carbons (Fsp3) is 0.429. The average Bonchev–Trinajstić information content (AvgIpc) is 3.09. The lowest BCUT2D eigenvalue weighted by Crippen LogP contribution is -2.41. The third-order valence-electron chi connectivity index (χ3n) is 3.65. The number of amides is 1. The molecule has 2 aromatic rings. The van der Waals surface area contributed by atoms with Crippen LogP contribution in [-0.2, 0) is 28.9 Å². The number of ether oxygens (including phenoxy) is 1. The Morgan fingerprint density at radius 1 is 1.43 bits per heavy atom. The minimum atomic E-state index is -0.570. The van der Waals surface area contributed by atoms with E-state index in [4.69, 9.17) is 4.74 Å². The van der Waals surface area contributed by atoms with Gasteiger partial charge in [-0.1, -0.05) is 4.68 Å². The first kappa shape index (κ1) is 15.5. The molecule has 0 saturated heterocycles. The Labute approximate surface area is 135 Å². The number of methoxy groups -OCH3 is 1. The van der Waals surface area contributed by atoms with Crippen molar-refractivity contribution in [2.24, 2.45) is 0 Å². The summed E-state index contributed by atoms with van der Waals surface area (Å²) in [5, 5.41) is 5.53. The summed E-state index contributed by atoms with van der Waals surface area (Å²) in [6.45, 7) is -0.116. The molecule has 8 nitrogen and oxygen atoms in total. The zero-order chi connectivity index (χ0) is 16.4. The number of carbonyl (C=O) groups excluding carboxylic acids is 2. The normalized spacial score (nSPS) is 13.4. The summed E-state index contributed by atoms with van der Waals surface area (Å²) in [6.07, 6.45) is 4.96. The number of thiophene rings is 1. The number of anilines is 1. The first-order chi connectivity index (χ1) is 11.1. The molecule has 0 atom stereocenters. The Bertz CT molecular complexity index is 804. The number of rotatable bonds is 4. The van der Waals surface area contributed by atoms with Crippen LogP contribution in [-0.4, -0.2) is 24.3 Å². The summed E-state index contributed by atoms with van der Waals surface area (Å²) in [5.74, 6) is -0.806. The monoisotopic (exact) mass is 338 g/mol. The van der Waals surface area contributed by atoms with Crippen molar-refractivity contribution in [1.29, 1.82) is 0 Å². The van der Waals surface area contributed by atoms with Gasteiger partial charge in [0.25, 0.3) is 18.6 Å². The van der Waals surface area contributed by atoms with Crippen molar-refractivity contribution in [2.75, 3.05) is 12.4 Å². The van der Waals surface area contributed by atoms with Crippen LogP contribution in [0.3, 0.4) is 0 Å².